The Kier molecular flexibility index (Phi) is 11.5. The van der Waals surface area contributed by atoms with Gasteiger partial charge in [-0.2, -0.15) is 18.4 Å². The lowest BCUT2D eigenvalue weighted by Gasteiger charge is -2.34. The van der Waals surface area contributed by atoms with Crippen molar-refractivity contribution in [3.8, 4) is 17.6 Å². The Morgan fingerprint density at radius 1 is 1.20 bits per heavy atom. The minimum absolute atomic E-state index is 0.0623. The molecule has 44 heavy (non-hydrogen) atoms. The molecule has 240 valence electrons. The van der Waals surface area contributed by atoms with E-state index < -0.39 is 30.1 Å². The minimum Gasteiger partial charge on any atom is -0.492 e. The molecule has 2 aliphatic heterocycles. The van der Waals surface area contributed by atoms with Crippen molar-refractivity contribution in [3.63, 3.8) is 0 Å². The van der Waals surface area contributed by atoms with E-state index in [1.54, 1.807) is 18.2 Å². The summed E-state index contributed by atoms with van der Waals surface area (Å²) < 4.78 is 52.0. The number of fused-ring (bicyclic) bond motifs is 1. The summed E-state index contributed by atoms with van der Waals surface area (Å²) in [4.78, 5) is 14.8. The summed E-state index contributed by atoms with van der Waals surface area (Å²) in [5.41, 5.74) is 2.66. The summed E-state index contributed by atoms with van der Waals surface area (Å²) in [6.07, 6.45) is -2.73. The van der Waals surface area contributed by atoms with Crippen LogP contribution in [0.4, 0.5) is 30.2 Å². The highest BCUT2D eigenvalue weighted by Crippen LogP contribution is 2.42. The summed E-state index contributed by atoms with van der Waals surface area (Å²) >= 11 is 6.51. The van der Waals surface area contributed by atoms with Crippen LogP contribution in [0.3, 0.4) is 0 Å². The molecule has 0 bridgehead atoms. The van der Waals surface area contributed by atoms with Crippen molar-refractivity contribution >= 4 is 34.6 Å². The summed E-state index contributed by atoms with van der Waals surface area (Å²) in [5, 5.41) is 22.8. The van der Waals surface area contributed by atoms with E-state index in [0.717, 1.165) is 17.8 Å². The van der Waals surface area contributed by atoms with E-state index in [1.165, 1.54) is 0 Å². The number of ether oxygens (including phenoxy) is 2. The molecule has 13 heteroatoms. The number of rotatable bonds is 12. The average Bonchev–Trinajstić information content (AvgIpc) is 2.97. The second kappa shape index (κ2) is 15.1. The summed E-state index contributed by atoms with van der Waals surface area (Å²) in [6.45, 7) is 3.78. The lowest BCUT2D eigenvalue weighted by Crippen LogP contribution is -2.50. The van der Waals surface area contributed by atoms with E-state index in [1.807, 2.05) is 38.1 Å². The van der Waals surface area contributed by atoms with Crippen LogP contribution < -0.4 is 30.7 Å². The molecular formula is C31H40ClF3N6O3. The first-order chi connectivity index (χ1) is 21.0. The molecule has 4 rings (SSSR count). The maximum Gasteiger partial charge on any atom is 0.393 e. The van der Waals surface area contributed by atoms with Gasteiger partial charge in [-0.3, -0.25) is 4.79 Å². The number of hydrogen-bond acceptors (Lipinski definition) is 8. The van der Waals surface area contributed by atoms with Crippen molar-refractivity contribution in [2.75, 3.05) is 62.9 Å². The number of benzene rings is 2. The van der Waals surface area contributed by atoms with Gasteiger partial charge in [0.2, 0.25) is 5.91 Å². The van der Waals surface area contributed by atoms with Crippen LogP contribution in [0, 0.1) is 23.2 Å². The monoisotopic (exact) mass is 636 g/mol. The van der Waals surface area contributed by atoms with Gasteiger partial charge in [-0.1, -0.05) is 11.6 Å². The average molecular weight is 637 g/mol. The fourth-order valence-electron chi connectivity index (χ4n) is 5.59. The highest BCUT2D eigenvalue weighted by Gasteiger charge is 2.45. The zero-order valence-corrected chi connectivity index (χ0v) is 25.9. The molecule has 1 amide bonds. The molecule has 2 aliphatic rings. The second-order valence-electron chi connectivity index (χ2n) is 11.4. The van der Waals surface area contributed by atoms with Crippen molar-refractivity contribution in [2.45, 2.75) is 50.9 Å². The quantitative estimate of drug-likeness (QED) is 0.223. The fourth-order valence-corrected chi connectivity index (χ4v) is 5.82. The zero-order valence-electron chi connectivity index (χ0n) is 25.2. The Hall–Kier alpha value is -3.40. The number of anilines is 3. The number of amides is 1. The fraction of sp³-hybridized carbons (Fsp3) is 0.548. The number of alkyl halides is 3. The molecule has 4 unspecified atom stereocenters. The third kappa shape index (κ3) is 8.61. The van der Waals surface area contributed by atoms with Gasteiger partial charge in [0.1, 0.15) is 18.1 Å². The number of hydrogen-bond donors (Lipinski definition) is 4. The molecule has 2 aromatic rings. The van der Waals surface area contributed by atoms with E-state index in [0.29, 0.717) is 56.1 Å². The zero-order chi connectivity index (χ0) is 31.9. The van der Waals surface area contributed by atoms with Crippen molar-refractivity contribution in [1.29, 1.82) is 5.26 Å². The standard InChI is InChI=1S/C31H40ClF3N6O3/c1-4-43-28-15-24-21(14-25(28)40-29(42)8-6-12-41(2)3)30(19(16-36)17-38-24)39-20-9-10-27(23(32)13-20)44-18-26-22(31(33,34)35)7-5-11-37-26/h9-10,13-15,19,22,26,30,37-39H,4-8,11-12,17-18H2,1-3H3,(H,40,42). The first-order valence-corrected chi connectivity index (χ1v) is 15.3. The molecule has 0 aliphatic carbocycles. The number of piperidine rings is 1. The van der Waals surface area contributed by atoms with Crippen molar-refractivity contribution in [3.05, 3.63) is 40.9 Å². The van der Waals surface area contributed by atoms with Crippen molar-refractivity contribution in [1.82, 2.24) is 10.2 Å². The van der Waals surface area contributed by atoms with Gasteiger partial charge in [-0.25, -0.2) is 0 Å². The number of nitrogens with zero attached hydrogens (tertiary/aromatic N) is 2. The molecular weight excluding hydrogens is 597 g/mol. The van der Waals surface area contributed by atoms with Crippen LogP contribution in [0.5, 0.6) is 11.5 Å². The number of halogens is 4. The lowest BCUT2D eigenvalue weighted by atomic mass is 9.88. The maximum atomic E-state index is 13.5. The Morgan fingerprint density at radius 2 is 2.00 bits per heavy atom. The second-order valence-corrected chi connectivity index (χ2v) is 11.8. The molecule has 0 radical (unpaired) electrons. The van der Waals surface area contributed by atoms with Crippen molar-refractivity contribution in [2.24, 2.45) is 11.8 Å². The highest BCUT2D eigenvalue weighted by atomic mass is 35.5. The molecule has 2 aromatic carbocycles. The number of nitrogens with one attached hydrogen (secondary N) is 4. The first kappa shape index (κ1) is 33.5. The van der Waals surface area contributed by atoms with Crippen molar-refractivity contribution < 1.29 is 27.4 Å². The van der Waals surface area contributed by atoms with Crippen LogP contribution in [-0.4, -0.2) is 70.0 Å². The van der Waals surface area contributed by atoms with Crippen LogP contribution in [0.15, 0.2) is 30.3 Å². The largest absolute Gasteiger partial charge is 0.492 e. The van der Waals surface area contributed by atoms with E-state index >= 15 is 0 Å². The summed E-state index contributed by atoms with van der Waals surface area (Å²) in [5.74, 6) is -1.28. The molecule has 2 heterocycles. The van der Waals surface area contributed by atoms with Gasteiger partial charge in [0.25, 0.3) is 0 Å². The Labute approximate surface area is 261 Å². The third-order valence-corrected chi connectivity index (χ3v) is 8.12. The Bertz CT molecular complexity index is 1340. The van der Waals surface area contributed by atoms with Crippen LogP contribution in [-0.2, 0) is 4.79 Å². The van der Waals surface area contributed by atoms with Crippen LogP contribution in [0.25, 0.3) is 0 Å². The van der Waals surface area contributed by atoms with Crippen LogP contribution in [0.2, 0.25) is 5.02 Å². The SMILES string of the molecule is CCOc1cc2c(cc1NC(=O)CCCN(C)C)C(Nc1ccc(OCC3NCCCC3C(F)(F)F)c(Cl)c1)C(C#N)CN2. The molecule has 0 saturated carbocycles. The van der Waals surface area contributed by atoms with Gasteiger partial charge in [-0.05, 0) is 77.6 Å². The molecule has 9 nitrogen and oxygen atoms in total. The maximum absolute atomic E-state index is 13.5. The van der Waals surface area contributed by atoms with Crippen LogP contribution in [0.1, 0.15) is 44.2 Å². The predicted molar refractivity (Wildman–Crippen MR) is 166 cm³/mol. The number of nitriles is 1. The van der Waals surface area contributed by atoms with Gasteiger partial charge in [0.15, 0.2) is 0 Å². The molecule has 4 atom stereocenters. The highest BCUT2D eigenvalue weighted by molar-refractivity contribution is 6.32. The van der Waals surface area contributed by atoms with Gasteiger partial charge in [0, 0.05) is 36.0 Å². The van der Waals surface area contributed by atoms with E-state index in [4.69, 9.17) is 21.1 Å². The van der Waals surface area contributed by atoms with Gasteiger partial charge in [0.05, 0.1) is 47.3 Å². The summed E-state index contributed by atoms with van der Waals surface area (Å²) in [7, 11) is 3.91. The Balaban J connectivity index is 1.52. The summed E-state index contributed by atoms with van der Waals surface area (Å²) in [6, 6.07) is 9.64. The smallest absolute Gasteiger partial charge is 0.393 e. The number of carbonyl (C=O) groups is 1. The van der Waals surface area contributed by atoms with E-state index in [2.05, 4.69) is 27.3 Å². The molecule has 0 spiro atoms. The molecule has 1 saturated heterocycles. The van der Waals surface area contributed by atoms with Gasteiger partial charge in [-0.15, -0.1) is 0 Å². The minimum atomic E-state index is -4.31. The van der Waals surface area contributed by atoms with E-state index in [9.17, 15) is 23.2 Å². The number of carbonyl (C=O) groups excluding carboxylic acids is 1. The predicted octanol–water partition coefficient (Wildman–Crippen LogP) is 6.05. The lowest BCUT2D eigenvalue weighted by molar-refractivity contribution is -0.190. The van der Waals surface area contributed by atoms with E-state index in [-0.39, 0.29) is 29.7 Å². The topological polar surface area (TPSA) is 111 Å². The van der Waals surface area contributed by atoms with Gasteiger partial charge < -0.3 is 35.6 Å². The van der Waals surface area contributed by atoms with Crippen LogP contribution >= 0.6 is 11.6 Å². The third-order valence-electron chi connectivity index (χ3n) is 7.83. The molecule has 1 fully saturated rings. The normalized spacial score (nSPS) is 21.5. The Morgan fingerprint density at radius 3 is 2.68 bits per heavy atom. The van der Waals surface area contributed by atoms with Gasteiger partial charge >= 0.3 is 6.18 Å². The molecule has 4 N–H and O–H groups in total. The molecule has 0 aromatic heterocycles. The first-order valence-electron chi connectivity index (χ1n) is 14.9.